The molecule has 3 N–H and O–H groups in total. The number of benzene rings is 2. The van der Waals surface area contributed by atoms with Gasteiger partial charge >= 0.3 is 0 Å². The summed E-state index contributed by atoms with van der Waals surface area (Å²) in [6, 6.07) is 18.8. The van der Waals surface area contributed by atoms with Gasteiger partial charge in [0.25, 0.3) is 0 Å². The van der Waals surface area contributed by atoms with Crippen molar-refractivity contribution < 1.29 is 5.32 Å². The van der Waals surface area contributed by atoms with Crippen LogP contribution in [0, 0.1) is 6.92 Å². The van der Waals surface area contributed by atoms with E-state index in [1.165, 1.54) is 47.0 Å². The van der Waals surface area contributed by atoms with Gasteiger partial charge in [0.15, 0.2) is 0 Å². The molecule has 0 saturated heterocycles. The minimum atomic E-state index is 0.570. The third-order valence-electron chi connectivity index (χ3n) is 5.37. The molecule has 0 aliphatic heterocycles. The Morgan fingerprint density at radius 2 is 2.00 bits per heavy atom. The lowest BCUT2D eigenvalue weighted by Crippen LogP contribution is -2.90. The zero-order valence-corrected chi connectivity index (χ0v) is 14.7. The van der Waals surface area contributed by atoms with Crippen molar-refractivity contribution >= 4 is 10.9 Å². The fraction of sp³-hybridized carbons (Fsp3) is 0.364. The first-order valence-corrected chi connectivity index (χ1v) is 9.21. The highest BCUT2D eigenvalue weighted by molar-refractivity contribution is 5.85. The van der Waals surface area contributed by atoms with E-state index in [4.69, 9.17) is 0 Å². The molecule has 0 spiro atoms. The Kier molecular flexibility index (Phi) is 4.15. The second-order valence-corrected chi connectivity index (χ2v) is 7.42. The van der Waals surface area contributed by atoms with Gasteiger partial charge in [0, 0.05) is 23.7 Å². The summed E-state index contributed by atoms with van der Waals surface area (Å²) in [5.74, 6) is 0. The number of fused-ring (bicyclic) bond motifs is 3. The quantitative estimate of drug-likeness (QED) is 0.727. The Balaban J connectivity index is 1.56. The minimum absolute atomic E-state index is 0.570. The maximum Gasteiger partial charge on any atom is 0.127 e. The lowest BCUT2D eigenvalue weighted by atomic mass is 9.90. The fourth-order valence-corrected chi connectivity index (χ4v) is 4.25. The second kappa shape index (κ2) is 6.45. The van der Waals surface area contributed by atoms with Crippen LogP contribution in [-0.4, -0.2) is 11.0 Å². The van der Waals surface area contributed by atoms with Crippen molar-refractivity contribution in [3.63, 3.8) is 0 Å². The largest absolute Gasteiger partial charge is 0.353 e. The zero-order valence-electron chi connectivity index (χ0n) is 14.7. The first kappa shape index (κ1) is 15.5. The van der Waals surface area contributed by atoms with Crippen molar-refractivity contribution in [1.29, 1.82) is 0 Å². The standard InChI is InChI=1S/C22H26N2/c1-15-11-12-20-19(13-15)18-9-6-10-21(22(18)24-20)23-16(2)14-17-7-4-3-5-8-17/h3-5,7-8,11-13,16,21,23-24H,6,9-10,14H2,1-2H3/p+1/t16-,21+/m0/s1. The molecular formula is C22H27N2+. The highest BCUT2D eigenvalue weighted by Crippen LogP contribution is 2.33. The number of H-pyrrole nitrogens is 1. The van der Waals surface area contributed by atoms with E-state index < -0.39 is 0 Å². The Labute approximate surface area is 144 Å². The molecule has 0 radical (unpaired) electrons. The molecule has 2 nitrogen and oxygen atoms in total. The highest BCUT2D eigenvalue weighted by Gasteiger charge is 2.28. The third kappa shape index (κ3) is 2.99. The van der Waals surface area contributed by atoms with Crippen molar-refractivity contribution in [3.8, 4) is 0 Å². The number of aryl methyl sites for hydroxylation is 2. The van der Waals surface area contributed by atoms with Crippen LogP contribution in [0.3, 0.4) is 0 Å². The number of aromatic nitrogens is 1. The topological polar surface area (TPSA) is 32.4 Å². The maximum absolute atomic E-state index is 3.73. The molecule has 3 aromatic rings. The lowest BCUT2D eigenvalue weighted by molar-refractivity contribution is -0.726. The predicted octanol–water partition coefficient (Wildman–Crippen LogP) is 4.05. The van der Waals surface area contributed by atoms with E-state index in [1.54, 1.807) is 5.56 Å². The third-order valence-corrected chi connectivity index (χ3v) is 5.37. The van der Waals surface area contributed by atoms with Crippen molar-refractivity contribution in [3.05, 3.63) is 70.9 Å². The molecule has 1 aliphatic carbocycles. The van der Waals surface area contributed by atoms with Crippen LogP contribution in [0.1, 0.15) is 48.2 Å². The second-order valence-electron chi connectivity index (χ2n) is 7.42. The van der Waals surface area contributed by atoms with E-state index in [0.29, 0.717) is 12.1 Å². The molecule has 2 heteroatoms. The van der Waals surface area contributed by atoms with Crippen LogP contribution >= 0.6 is 0 Å². The molecular weight excluding hydrogens is 292 g/mol. The minimum Gasteiger partial charge on any atom is -0.353 e. The Bertz CT molecular complexity index is 832. The molecule has 0 unspecified atom stereocenters. The smallest absolute Gasteiger partial charge is 0.127 e. The number of nitrogens with two attached hydrogens (primary N) is 1. The summed E-state index contributed by atoms with van der Waals surface area (Å²) >= 11 is 0. The average molecular weight is 319 g/mol. The molecule has 124 valence electrons. The van der Waals surface area contributed by atoms with Crippen LogP contribution < -0.4 is 5.32 Å². The normalized spacial score (nSPS) is 18.5. The molecule has 0 saturated carbocycles. The molecule has 2 aromatic carbocycles. The average Bonchev–Trinajstić information content (AvgIpc) is 2.95. The van der Waals surface area contributed by atoms with E-state index in [-0.39, 0.29) is 0 Å². The number of nitrogens with one attached hydrogen (secondary N) is 1. The number of hydrogen-bond donors (Lipinski definition) is 2. The van der Waals surface area contributed by atoms with Crippen LogP contribution in [0.25, 0.3) is 10.9 Å². The van der Waals surface area contributed by atoms with Gasteiger partial charge in [0.1, 0.15) is 6.04 Å². The summed E-state index contributed by atoms with van der Waals surface area (Å²) in [5, 5.41) is 4.02. The van der Waals surface area contributed by atoms with E-state index in [9.17, 15) is 0 Å². The number of quaternary nitrogens is 1. The number of rotatable bonds is 4. The molecule has 1 aromatic heterocycles. The molecule has 24 heavy (non-hydrogen) atoms. The molecule has 4 rings (SSSR count). The van der Waals surface area contributed by atoms with Gasteiger partial charge in [-0.05, 0) is 49.9 Å². The van der Waals surface area contributed by atoms with Crippen molar-refractivity contribution in [1.82, 2.24) is 4.98 Å². The Morgan fingerprint density at radius 3 is 2.83 bits per heavy atom. The first-order valence-electron chi connectivity index (χ1n) is 9.21. The van der Waals surface area contributed by atoms with Gasteiger partial charge in [0.2, 0.25) is 0 Å². The van der Waals surface area contributed by atoms with Crippen LogP contribution in [0.5, 0.6) is 0 Å². The number of hydrogen-bond acceptors (Lipinski definition) is 0. The molecule has 1 heterocycles. The van der Waals surface area contributed by atoms with E-state index >= 15 is 0 Å². The van der Waals surface area contributed by atoms with E-state index in [0.717, 1.165) is 6.42 Å². The van der Waals surface area contributed by atoms with Gasteiger partial charge in [-0.15, -0.1) is 0 Å². The highest BCUT2D eigenvalue weighted by atomic mass is 15.0. The van der Waals surface area contributed by atoms with Gasteiger partial charge in [-0.1, -0.05) is 42.0 Å². The molecule has 1 aliphatic rings. The SMILES string of the molecule is Cc1ccc2[nH]c3c(c2c1)CCC[C@H]3[NH2+][C@@H](C)Cc1ccccc1. The van der Waals surface area contributed by atoms with Gasteiger partial charge in [-0.3, -0.25) is 0 Å². The zero-order chi connectivity index (χ0) is 16.5. The molecule has 0 bridgehead atoms. The fourth-order valence-electron chi connectivity index (χ4n) is 4.25. The summed E-state index contributed by atoms with van der Waals surface area (Å²) < 4.78 is 0. The number of aromatic amines is 1. The summed E-state index contributed by atoms with van der Waals surface area (Å²) in [6.07, 6.45) is 4.92. The summed E-state index contributed by atoms with van der Waals surface area (Å²) in [6.45, 7) is 4.54. The van der Waals surface area contributed by atoms with E-state index in [2.05, 4.69) is 72.7 Å². The van der Waals surface area contributed by atoms with Gasteiger partial charge in [-0.2, -0.15) is 0 Å². The Morgan fingerprint density at radius 1 is 1.17 bits per heavy atom. The molecule has 0 amide bonds. The summed E-state index contributed by atoms with van der Waals surface area (Å²) in [4.78, 5) is 3.73. The van der Waals surface area contributed by atoms with Crippen molar-refractivity contribution in [2.24, 2.45) is 0 Å². The van der Waals surface area contributed by atoms with Crippen LogP contribution in [0.15, 0.2) is 48.5 Å². The van der Waals surface area contributed by atoms with E-state index in [1.807, 2.05) is 0 Å². The molecule has 2 atom stereocenters. The summed E-state index contributed by atoms with van der Waals surface area (Å²) in [5.41, 5.74) is 7.13. The van der Waals surface area contributed by atoms with Gasteiger partial charge < -0.3 is 10.3 Å². The monoisotopic (exact) mass is 319 g/mol. The molecule has 0 fully saturated rings. The van der Waals surface area contributed by atoms with Gasteiger partial charge in [-0.25, -0.2) is 0 Å². The summed E-state index contributed by atoms with van der Waals surface area (Å²) in [7, 11) is 0. The first-order chi connectivity index (χ1) is 11.7. The predicted molar refractivity (Wildman–Crippen MR) is 100 cm³/mol. The van der Waals surface area contributed by atoms with Crippen molar-refractivity contribution in [2.45, 2.75) is 51.6 Å². The van der Waals surface area contributed by atoms with Gasteiger partial charge in [0.05, 0.1) is 11.7 Å². The lowest BCUT2D eigenvalue weighted by Gasteiger charge is -2.24. The van der Waals surface area contributed by atoms with Crippen LogP contribution in [0.2, 0.25) is 0 Å². The van der Waals surface area contributed by atoms with Crippen molar-refractivity contribution in [2.75, 3.05) is 0 Å². The maximum atomic E-state index is 3.73. The van der Waals surface area contributed by atoms with Crippen LogP contribution in [-0.2, 0) is 12.8 Å². The Hall–Kier alpha value is -2.06. The van der Waals surface area contributed by atoms with Crippen LogP contribution in [0.4, 0.5) is 0 Å².